The third-order valence-corrected chi connectivity index (χ3v) is 7.53. The van der Waals surface area contributed by atoms with Crippen LogP contribution in [0.3, 0.4) is 0 Å². The molecule has 0 fully saturated rings. The van der Waals surface area contributed by atoms with Crippen LogP contribution in [-0.2, 0) is 26.5 Å². The molecule has 9 heteroatoms. The van der Waals surface area contributed by atoms with E-state index in [1.54, 1.807) is 39.0 Å². The minimum absolute atomic E-state index is 0.000327. The van der Waals surface area contributed by atoms with E-state index in [1.807, 2.05) is 0 Å². The van der Waals surface area contributed by atoms with Gasteiger partial charge in [0.1, 0.15) is 5.82 Å². The number of benzene rings is 2. The monoisotopic (exact) mass is 426 g/mol. The number of hydrogen-bond donors (Lipinski definition) is 1. The Morgan fingerprint density at radius 2 is 1.75 bits per heavy atom. The molecule has 152 valence electrons. The second-order valence-corrected chi connectivity index (χ2v) is 10.7. The SMILES string of the molecule is Cc1cc(C)c(S(=O)(=O)N2CCCc3cccc(F)c32)c(C)c1NS(C)(=O)=O. The number of anilines is 2. The minimum atomic E-state index is -4.10. The van der Waals surface area contributed by atoms with Crippen LogP contribution < -0.4 is 9.03 Å². The van der Waals surface area contributed by atoms with Gasteiger partial charge < -0.3 is 0 Å². The predicted molar refractivity (Wildman–Crippen MR) is 108 cm³/mol. The summed E-state index contributed by atoms with van der Waals surface area (Å²) in [6.45, 7) is 5.09. The molecule has 3 rings (SSSR count). The van der Waals surface area contributed by atoms with Crippen LogP contribution in [0.4, 0.5) is 15.8 Å². The third kappa shape index (κ3) is 3.60. The van der Waals surface area contributed by atoms with Crippen LogP contribution in [0.25, 0.3) is 0 Å². The second kappa shape index (κ2) is 7.04. The van der Waals surface area contributed by atoms with Crippen molar-refractivity contribution in [2.24, 2.45) is 0 Å². The summed E-state index contributed by atoms with van der Waals surface area (Å²) in [6.07, 6.45) is 2.19. The third-order valence-electron chi connectivity index (χ3n) is 4.86. The Labute approximate surface area is 165 Å². The van der Waals surface area contributed by atoms with Gasteiger partial charge in [-0.25, -0.2) is 21.2 Å². The Balaban J connectivity index is 2.24. The maximum absolute atomic E-state index is 14.5. The summed E-state index contributed by atoms with van der Waals surface area (Å²) >= 11 is 0. The molecule has 2 aromatic rings. The Morgan fingerprint density at radius 3 is 2.39 bits per heavy atom. The normalized spacial score (nSPS) is 14.7. The summed E-state index contributed by atoms with van der Waals surface area (Å²) in [4.78, 5) is 0.000327. The maximum atomic E-state index is 14.5. The number of nitrogens with zero attached hydrogens (tertiary/aromatic N) is 1. The lowest BCUT2D eigenvalue weighted by atomic mass is 10.0. The van der Waals surface area contributed by atoms with Gasteiger partial charge in [0.25, 0.3) is 10.0 Å². The Morgan fingerprint density at radius 1 is 1.07 bits per heavy atom. The quantitative estimate of drug-likeness (QED) is 0.813. The van der Waals surface area contributed by atoms with Gasteiger partial charge in [0.15, 0.2) is 0 Å². The van der Waals surface area contributed by atoms with Crippen molar-refractivity contribution >= 4 is 31.4 Å². The van der Waals surface area contributed by atoms with Gasteiger partial charge in [0.2, 0.25) is 10.0 Å². The first kappa shape index (κ1) is 20.6. The predicted octanol–water partition coefficient (Wildman–Crippen LogP) is 3.26. The highest BCUT2D eigenvalue weighted by molar-refractivity contribution is 7.93. The van der Waals surface area contributed by atoms with Crippen LogP contribution in [0.2, 0.25) is 0 Å². The number of halogens is 1. The largest absolute Gasteiger partial charge is 0.283 e. The molecule has 0 unspecified atom stereocenters. The first-order valence-corrected chi connectivity index (χ1v) is 12.2. The van der Waals surface area contributed by atoms with Crippen molar-refractivity contribution in [1.29, 1.82) is 0 Å². The van der Waals surface area contributed by atoms with Gasteiger partial charge >= 0.3 is 0 Å². The van der Waals surface area contributed by atoms with Crippen LogP contribution in [0.1, 0.15) is 28.7 Å². The summed E-state index contributed by atoms with van der Waals surface area (Å²) in [7, 11) is -7.69. The Kier molecular flexibility index (Phi) is 5.18. The number of para-hydroxylation sites is 1. The second-order valence-electron chi connectivity index (χ2n) is 7.14. The van der Waals surface area contributed by atoms with Gasteiger partial charge in [0, 0.05) is 6.54 Å². The summed E-state index contributed by atoms with van der Waals surface area (Å²) in [5.74, 6) is -0.585. The van der Waals surface area contributed by atoms with Gasteiger partial charge in [-0.1, -0.05) is 18.2 Å². The minimum Gasteiger partial charge on any atom is -0.283 e. The highest BCUT2D eigenvalue weighted by Crippen LogP contribution is 2.38. The fourth-order valence-corrected chi connectivity index (χ4v) is 6.50. The van der Waals surface area contributed by atoms with Gasteiger partial charge in [0.05, 0.1) is 22.5 Å². The van der Waals surface area contributed by atoms with E-state index in [4.69, 9.17) is 0 Å². The van der Waals surface area contributed by atoms with E-state index in [9.17, 15) is 21.2 Å². The van der Waals surface area contributed by atoms with Crippen molar-refractivity contribution in [2.75, 3.05) is 21.8 Å². The molecule has 1 N–H and O–H groups in total. The van der Waals surface area contributed by atoms with Gasteiger partial charge in [-0.2, -0.15) is 0 Å². The number of hydrogen-bond acceptors (Lipinski definition) is 4. The fourth-order valence-electron chi connectivity index (χ4n) is 3.82. The summed E-state index contributed by atoms with van der Waals surface area (Å²) in [5, 5.41) is 0. The molecule has 6 nitrogen and oxygen atoms in total. The van der Waals surface area contributed by atoms with Gasteiger partial charge in [-0.3, -0.25) is 9.03 Å². The molecule has 0 bridgehead atoms. The van der Waals surface area contributed by atoms with Crippen molar-refractivity contribution in [3.8, 4) is 0 Å². The lowest BCUT2D eigenvalue weighted by Crippen LogP contribution is -2.37. The Hall–Kier alpha value is -2.13. The number of aryl methyl sites for hydroxylation is 3. The average Bonchev–Trinajstić information content (AvgIpc) is 2.57. The van der Waals surface area contributed by atoms with E-state index < -0.39 is 25.9 Å². The van der Waals surface area contributed by atoms with Crippen LogP contribution in [0.5, 0.6) is 0 Å². The van der Waals surface area contributed by atoms with Crippen molar-refractivity contribution < 1.29 is 21.2 Å². The van der Waals surface area contributed by atoms with Crippen molar-refractivity contribution in [2.45, 2.75) is 38.5 Å². The molecule has 0 atom stereocenters. The highest BCUT2D eigenvalue weighted by Gasteiger charge is 2.34. The molecule has 0 radical (unpaired) electrons. The standard InChI is InChI=1S/C19H23FN2O4S2/c1-12-11-13(2)19(14(3)17(12)21-27(4,23)24)28(25,26)22-10-6-8-15-7-5-9-16(20)18(15)22/h5,7,9,11,21H,6,8,10H2,1-4H3. The van der Waals surface area contributed by atoms with E-state index in [2.05, 4.69) is 4.72 Å². The molecule has 0 amide bonds. The molecule has 0 saturated heterocycles. The summed E-state index contributed by atoms with van der Waals surface area (Å²) in [5.41, 5.74) is 2.35. The van der Waals surface area contributed by atoms with Crippen molar-refractivity contribution in [3.63, 3.8) is 0 Å². The molecule has 28 heavy (non-hydrogen) atoms. The van der Waals surface area contributed by atoms with Gasteiger partial charge in [-0.05, 0) is 61.9 Å². The molecule has 0 saturated carbocycles. The molecule has 1 heterocycles. The zero-order chi connectivity index (χ0) is 20.9. The van der Waals surface area contributed by atoms with Gasteiger partial charge in [-0.15, -0.1) is 0 Å². The first-order chi connectivity index (χ1) is 12.9. The van der Waals surface area contributed by atoms with Crippen LogP contribution in [-0.4, -0.2) is 29.6 Å². The Bertz CT molecular complexity index is 1160. The first-order valence-electron chi connectivity index (χ1n) is 8.82. The van der Waals surface area contributed by atoms with E-state index in [1.165, 1.54) is 6.07 Å². The molecule has 0 aromatic heterocycles. The molecule has 2 aromatic carbocycles. The number of nitrogens with one attached hydrogen (secondary N) is 1. The lowest BCUT2D eigenvalue weighted by Gasteiger charge is -2.32. The van der Waals surface area contributed by atoms with E-state index in [0.29, 0.717) is 35.1 Å². The smallest absolute Gasteiger partial charge is 0.265 e. The highest BCUT2D eigenvalue weighted by atomic mass is 32.2. The average molecular weight is 427 g/mol. The molecule has 1 aliphatic rings. The molecule has 1 aliphatic heterocycles. The summed E-state index contributed by atoms with van der Waals surface area (Å²) < 4.78 is 68.6. The van der Waals surface area contributed by atoms with E-state index >= 15 is 0 Å². The number of rotatable bonds is 4. The fraction of sp³-hybridized carbons (Fsp3) is 0.368. The summed E-state index contributed by atoms with van der Waals surface area (Å²) in [6, 6.07) is 6.17. The van der Waals surface area contributed by atoms with Crippen molar-refractivity contribution in [1.82, 2.24) is 0 Å². The van der Waals surface area contributed by atoms with E-state index in [0.717, 1.165) is 10.6 Å². The number of sulfonamides is 2. The van der Waals surface area contributed by atoms with Crippen LogP contribution in [0.15, 0.2) is 29.2 Å². The topological polar surface area (TPSA) is 83.6 Å². The molecule has 0 aliphatic carbocycles. The van der Waals surface area contributed by atoms with E-state index in [-0.39, 0.29) is 22.8 Å². The van der Waals surface area contributed by atoms with Crippen LogP contribution in [0, 0.1) is 26.6 Å². The van der Waals surface area contributed by atoms with Crippen molar-refractivity contribution in [3.05, 3.63) is 52.3 Å². The molecule has 0 spiro atoms. The van der Waals surface area contributed by atoms with Crippen LogP contribution >= 0.6 is 0 Å². The molecular weight excluding hydrogens is 403 g/mol. The zero-order valence-corrected chi connectivity index (χ0v) is 17.8. The lowest BCUT2D eigenvalue weighted by molar-refractivity contribution is 0.576. The number of fused-ring (bicyclic) bond motifs is 1. The molecular formula is C19H23FN2O4S2. The zero-order valence-electron chi connectivity index (χ0n) is 16.2. The maximum Gasteiger partial charge on any atom is 0.265 e.